The number of nitrogens with zero attached hydrogens (tertiary/aromatic N) is 2. The summed E-state index contributed by atoms with van der Waals surface area (Å²) < 4.78 is 18.7. The number of fused-ring (bicyclic) bond motifs is 2. The van der Waals surface area contributed by atoms with Gasteiger partial charge < -0.3 is 9.64 Å². The van der Waals surface area contributed by atoms with Crippen LogP contribution in [0.4, 0.5) is 9.18 Å². The van der Waals surface area contributed by atoms with E-state index in [0.717, 1.165) is 37.9 Å². The van der Waals surface area contributed by atoms with Crippen LogP contribution in [-0.2, 0) is 4.74 Å². The van der Waals surface area contributed by atoms with E-state index in [0.29, 0.717) is 25.1 Å². The zero-order valence-electron chi connectivity index (χ0n) is 14.2. The number of benzene rings is 1. The van der Waals surface area contributed by atoms with Crippen LogP contribution in [0.2, 0.25) is 0 Å². The predicted octanol–water partition coefficient (Wildman–Crippen LogP) is 3.23. The fraction of sp³-hybridized carbons (Fsp3) is 0.632. The highest BCUT2D eigenvalue weighted by molar-refractivity contribution is 5.69. The first kappa shape index (κ1) is 15.9. The van der Waals surface area contributed by atoms with E-state index in [1.165, 1.54) is 12.1 Å². The van der Waals surface area contributed by atoms with Crippen LogP contribution >= 0.6 is 0 Å². The largest absolute Gasteiger partial charge is 0.449 e. The monoisotopic (exact) mass is 332 g/mol. The molecule has 1 amide bonds. The highest BCUT2D eigenvalue weighted by Gasteiger charge is 2.55. The Morgan fingerprint density at radius 3 is 2.58 bits per heavy atom. The number of carbonyl (C=O) groups excluding carboxylic acids is 1. The van der Waals surface area contributed by atoms with Gasteiger partial charge in [-0.25, -0.2) is 9.18 Å². The van der Waals surface area contributed by atoms with Crippen molar-refractivity contribution in [3.8, 4) is 0 Å². The Kier molecular flexibility index (Phi) is 4.21. The number of piperidine rings is 3. The van der Waals surface area contributed by atoms with Crippen molar-refractivity contribution in [2.75, 3.05) is 26.2 Å². The lowest BCUT2D eigenvalue weighted by atomic mass is 9.75. The Morgan fingerprint density at radius 2 is 1.92 bits per heavy atom. The van der Waals surface area contributed by atoms with Crippen molar-refractivity contribution >= 4 is 6.09 Å². The summed E-state index contributed by atoms with van der Waals surface area (Å²) in [6.45, 7) is 5.39. The zero-order valence-corrected chi connectivity index (χ0v) is 14.2. The Labute approximate surface area is 142 Å². The summed E-state index contributed by atoms with van der Waals surface area (Å²) in [5, 5.41) is 0. The number of amides is 1. The molecule has 4 heterocycles. The minimum atomic E-state index is -0.210. The Hall–Kier alpha value is -1.62. The van der Waals surface area contributed by atoms with E-state index < -0.39 is 0 Å². The molecule has 4 aliphatic heterocycles. The molecule has 0 spiro atoms. The Morgan fingerprint density at radius 1 is 1.21 bits per heavy atom. The van der Waals surface area contributed by atoms with Crippen LogP contribution < -0.4 is 0 Å². The third-order valence-corrected chi connectivity index (χ3v) is 5.96. The summed E-state index contributed by atoms with van der Waals surface area (Å²) in [6.07, 6.45) is 2.99. The topological polar surface area (TPSA) is 32.8 Å². The van der Waals surface area contributed by atoms with E-state index in [1.54, 1.807) is 0 Å². The summed E-state index contributed by atoms with van der Waals surface area (Å²) in [6, 6.07) is 7.39. The first-order valence-electron chi connectivity index (χ1n) is 9.12. The predicted molar refractivity (Wildman–Crippen MR) is 89.4 cm³/mol. The smallest absolute Gasteiger partial charge is 0.410 e. The molecule has 1 aromatic carbocycles. The summed E-state index contributed by atoms with van der Waals surface area (Å²) >= 11 is 0. The second-order valence-electron chi connectivity index (χ2n) is 7.28. The van der Waals surface area contributed by atoms with E-state index in [9.17, 15) is 9.18 Å². The van der Waals surface area contributed by atoms with Crippen molar-refractivity contribution in [2.45, 2.75) is 44.2 Å². The number of carbonyl (C=O) groups is 1. The summed E-state index contributed by atoms with van der Waals surface area (Å²) in [4.78, 5) is 17.1. The maximum absolute atomic E-state index is 13.3. The number of hydrogen-bond acceptors (Lipinski definition) is 3. The van der Waals surface area contributed by atoms with Gasteiger partial charge in [0, 0.05) is 18.5 Å². The molecule has 2 bridgehead atoms. The van der Waals surface area contributed by atoms with E-state index >= 15 is 0 Å². The van der Waals surface area contributed by atoms with Gasteiger partial charge in [-0.15, -0.1) is 0 Å². The normalized spacial score (nSPS) is 34.2. The van der Waals surface area contributed by atoms with Gasteiger partial charge in [0.25, 0.3) is 0 Å². The second-order valence-corrected chi connectivity index (χ2v) is 7.28. The molecule has 0 saturated carbocycles. The van der Waals surface area contributed by atoms with Crippen LogP contribution in [0.3, 0.4) is 0 Å². The van der Waals surface area contributed by atoms with Crippen LogP contribution in [0.15, 0.2) is 24.3 Å². The first-order chi connectivity index (χ1) is 11.7. The maximum Gasteiger partial charge on any atom is 0.410 e. The van der Waals surface area contributed by atoms with Gasteiger partial charge in [-0.2, -0.15) is 0 Å². The van der Waals surface area contributed by atoms with Gasteiger partial charge in [-0.05, 0) is 56.0 Å². The van der Waals surface area contributed by atoms with E-state index in [1.807, 2.05) is 24.0 Å². The lowest BCUT2D eigenvalue weighted by molar-refractivity contribution is -0.00742. The number of hydrogen-bond donors (Lipinski definition) is 0. The molecule has 0 aromatic heterocycles. The van der Waals surface area contributed by atoms with Gasteiger partial charge >= 0.3 is 6.09 Å². The first-order valence-corrected chi connectivity index (χ1v) is 9.12. The van der Waals surface area contributed by atoms with Gasteiger partial charge in [0.15, 0.2) is 0 Å². The van der Waals surface area contributed by atoms with Crippen molar-refractivity contribution < 1.29 is 13.9 Å². The Bertz CT molecular complexity index is 598. The molecule has 4 fully saturated rings. The van der Waals surface area contributed by atoms with Crippen LogP contribution in [-0.4, -0.2) is 54.2 Å². The van der Waals surface area contributed by atoms with Gasteiger partial charge in [0.05, 0.1) is 12.6 Å². The summed E-state index contributed by atoms with van der Waals surface area (Å²) in [7, 11) is 0. The molecule has 4 nitrogen and oxygen atoms in total. The molecule has 4 saturated heterocycles. The minimum Gasteiger partial charge on any atom is -0.449 e. The van der Waals surface area contributed by atoms with Gasteiger partial charge in [0.1, 0.15) is 5.82 Å². The third-order valence-electron chi connectivity index (χ3n) is 5.96. The number of ether oxygens (including phenoxy) is 1. The van der Waals surface area contributed by atoms with Crippen molar-refractivity contribution in [1.29, 1.82) is 0 Å². The fourth-order valence-corrected chi connectivity index (χ4v) is 4.91. The molecule has 0 unspecified atom stereocenters. The molecule has 4 aliphatic rings. The third kappa shape index (κ3) is 2.59. The lowest BCUT2D eigenvalue weighted by Gasteiger charge is -2.50. The molecule has 0 radical (unpaired) electrons. The van der Waals surface area contributed by atoms with Crippen LogP contribution in [0, 0.1) is 11.7 Å². The molecular weight excluding hydrogens is 307 g/mol. The number of likely N-dealkylation sites (tertiary alicyclic amines) is 1. The molecule has 1 aromatic rings. The van der Waals surface area contributed by atoms with E-state index in [4.69, 9.17) is 4.74 Å². The lowest BCUT2D eigenvalue weighted by Crippen LogP contribution is -2.60. The Balaban J connectivity index is 1.63. The molecule has 0 aliphatic carbocycles. The minimum absolute atomic E-state index is 0.176. The SMILES string of the molecule is CCCOC(=O)N1C[C@@H](c2ccc(F)cc2)[C@@H]2[C@H]1C1CCN2CC1. The average molecular weight is 332 g/mol. The highest BCUT2D eigenvalue weighted by Crippen LogP contribution is 2.46. The van der Waals surface area contributed by atoms with Crippen molar-refractivity contribution in [3.05, 3.63) is 35.6 Å². The van der Waals surface area contributed by atoms with E-state index in [2.05, 4.69) is 4.90 Å². The second kappa shape index (κ2) is 6.36. The molecule has 5 rings (SSSR count). The van der Waals surface area contributed by atoms with E-state index in [-0.39, 0.29) is 23.9 Å². The van der Waals surface area contributed by atoms with Gasteiger partial charge in [-0.3, -0.25) is 4.90 Å². The number of halogens is 1. The summed E-state index contributed by atoms with van der Waals surface area (Å²) in [5.41, 5.74) is 1.13. The summed E-state index contributed by atoms with van der Waals surface area (Å²) in [5.74, 6) is 0.602. The zero-order chi connectivity index (χ0) is 16.7. The van der Waals surface area contributed by atoms with Crippen molar-refractivity contribution in [2.24, 2.45) is 5.92 Å². The fourth-order valence-electron chi connectivity index (χ4n) is 4.91. The molecule has 0 N–H and O–H groups in total. The number of rotatable bonds is 3. The van der Waals surface area contributed by atoms with Crippen LogP contribution in [0.25, 0.3) is 0 Å². The molecule has 5 heteroatoms. The molecular formula is C19H25FN2O2. The quantitative estimate of drug-likeness (QED) is 0.852. The van der Waals surface area contributed by atoms with Crippen LogP contribution in [0.1, 0.15) is 37.7 Å². The average Bonchev–Trinajstić information content (AvgIpc) is 3.04. The molecule has 3 atom stereocenters. The van der Waals surface area contributed by atoms with Crippen molar-refractivity contribution in [1.82, 2.24) is 9.80 Å². The highest BCUT2D eigenvalue weighted by atomic mass is 19.1. The van der Waals surface area contributed by atoms with Gasteiger partial charge in [-0.1, -0.05) is 19.1 Å². The molecule has 24 heavy (non-hydrogen) atoms. The standard InChI is InChI=1S/C19H25FN2O2/c1-2-11-24-19(23)22-12-16(13-3-5-15(20)6-4-13)18-17(22)14-7-9-21(18)10-8-14/h3-6,14,16-18H,2,7-12H2,1H3/t16-,17+,18+/m0/s1. The van der Waals surface area contributed by atoms with Gasteiger partial charge in [0.2, 0.25) is 0 Å². The maximum atomic E-state index is 13.3. The van der Waals surface area contributed by atoms with Crippen molar-refractivity contribution in [3.63, 3.8) is 0 Å². The molecule has 130 valence electrons. The van der Waals surface area contributed by atoms with Crippen LogP contribution in [0.5, 0.6) is 0 Å².